The zero-order valence-corrected chi connectivity index (χ0v) is 9.95. The van der Waals surface area contributed by atoms with Crippen molar-refractivity contribution < 1.29 is 8.78 Å². The van der Waals surface area contributed by atoms with Crippen LogP contribution in [-0.4, -0.2) is 17.0 Å². The lowest BCUT2D eigenvalue weighted by Gasteiger charge is -2.04. The molecule has 1 heterocycles. The monoisotopic (exact) mass is 249 g/mol. The van der Waals surface area contributed by atoms with Gasteiger partial charge in [0.2, 0.25) is 0 Å². The van der Waals surface area contributed by atoms with E-state index in [1.54, 1.807) is 12.4 Å². The van der Waals surface area contributed by atoms with Crippen molar-refractivity contribution in [3.63, 3.8) is 0 Å². The van der Waals surface area contributed by atoms with Crippen molar-refractivity contribution in [2.75, 3.05) is 7.05 Å². The molecule has 0 fully saturated rings. The van der Waals surface area contributed by atoms with Gasteiger partial charge in [0.1, 0.15) is 17.5 Å². The minimum absolute atomic E-state index is 0.256. The third-order valence-corrected chi connectivity index (χ3v) is 2.50. The molecule has 0 saturated heterocycles. The molecule has 0 amide bonds. The Balaban J connectivity index is 2.13. The van der Waals surface area contributed by atoms with Gasteiger partial charge in [0.25, 0.3) is 0 Å². The van der Waals surface area contributed by atoms with Crippen LogP contribution in [0.2, 0.25) is 0 Å². The predicted molar refractivity (Wildman–Crippen MR) is 64.0 cm³/mol. The number of benzene rings is 1. The summed E-state index contributed by atoms with van der Waals surface area (Å²) in [7, 11) is 1.84. The standard InChI is InChI=1S/C13H13F2N3/c1-16-6-9-7-17-13(18-8-9)4-10-2-3-11(14)5-12(10)15/h2-3,5,7-8,16H,4,6H2,1H3. The highest BCUT2D eigenvalue weighted by molar-refractivity contribution is 5.22. The van der Waals surface area contributed by atoms with Crippen LogP contribution in [0.5, 0.6) is 0 Å². The zero-order chi connectivity index (χ0) is 13.0. The largest absolute Gasteiger partial charge is 0.316 e. The second-order valence-corrected chi connectivity index (χ2v) is 3.95. The molecular formula is C13H13F2N3. The van der Waals surface area contributed by atoms with Gasteiger partial charge < -0.3 is 5.32 Å². The average Bonchev–Trinajstić information content (AvgIpc) is 2.35. The summed E-state index contributed by atoms with van der Waals surface area (Å²) in [5.41, 5.74) is 1.35. The fourth-order valence-electron chi connectivity index (χ4n) is 1.60. The number of rotatable bonds is 4. The van der Waals surface area contributed by atoms with Crippen molar-refractivity contribution >= 4 is 0 Å². The average molecular weight is 249 g/mol. The first-order valence-corrected chi connectivity index (χ1v) is 5.57. The molecule has 18 heavy (non-hydrogen) atoms. The summed E-state index contributed by atoms with van der Waals surface area (Å²) in [4.78, 5) is 8.29. The van der Waals surface area contributed by atoms with Crippen LogP contribution in [0.4, 0.5) is 8.78 Å². The number of aromatic nitrogens is 2. The lowest BCUT2D eigenvalue weighted by atomic mass is 10.1. The van der Waals surface area contributed by atoms with E-state index in [4.69, 9.17) is 0 Å². The summed E-state index contributed by atoms with van der Waals surface area (Å²) in [5.74, 6) is -0.639. The predicted octanol–water partition coefficient (Wildman–Crippen LogP) is 2.07. The molecular weight excluding hydrogens is 236 g/mol. The van der Waals surface area contributed by atoms with Crippen LogP contribution >= 0.6 is 0 Å². The van der Waals surface area contributed by atoms with Crippen molar-refractivity contribution in [3.05, 3.63) is 59.2 Å². The summed E-state index contributed by atoms with van der Waals surface area (Å²) in [5, 5.41) is 2.99. The summed E-state index contributed by atoms with van der Waals surface area (Å²) in [6.45, 7) is 0.686. The number of hydrogen-bond acceptors (Lipinski definition) is 3. The van der Waals surface area contributed by atoms with Crippen molar-refractivity contribution in [2.24, 2.45) is 0 Å². The number of hydrogen-bond donors (Lipinski definition) is 1. The fraction of sp³-hybridized carbons (Fsp3) is 0.231. The Bertz CT molecular complexity index is 526. The van der Waals surface area contributed by atoms with E-state index in [0.29, 0.717) is 17.9 Å². The van der Waals surface area contributed by atoms with Crippen LogP contribution in [0.3, 0.4) is 0 Å². The number of nitrogens with one attached hydrogen (secondary N) is 1. The molecule has 0 unspecified atom stereocenters. The Morgan fingerprint density at radius 3 is 2.50 bits per heavy atom. The summed E-state index contributed by atoms with van der Waals surface area (Å²) >= 11 is 0. The van der Waals surface area contributed by atoms with Crippen molar-refractivity contribution in [1.29, 1.82) is 0 Å². The van der Waals surface area contributed by atoms with E-state index >= 15 is 0 Å². The zero-order valence-electron chi connectivity index (χ0n) is 9.95. The van der Waals surface area contributed by atoms with Gasteiger partial charge >= 0.3 is 0 Å². The summed E-state index contributed by atoms with van der Waals surface area (Å²) < 4.78 is 26.2. The Labute approximate surface area is 104 Å². The minimum atomic E-state index is -0.582. The highest BCUT2D eigenvalue weighted by Crippen LogP contribution is 2.12. The molecule has 1 aromatic heterocycles. The van der Waals surface area contributed by atoms with Gasteiger partial charge in [-0.2, -0.15) is 0 Å². The smallest absolute Gasteiger partial charge is 0.132 e. The molecule has 0 aliphatic carbocycles. The SMILES string of the molecule is CNCc1cnc(Cc2ccc(F)cc2F)nc1. The van der Waals surface area contributed by atoms with Crippen LogP contribution in [0, 0.1) is 11.6 Å². The second-order valence-electron chi connectivity index (χ2n) is 3.95. The second kappa shape index (κ2) is 5.64. The normalized spacial score (nSPS) is 10.6. The van der Waals surface area contributed by atoms with Crippen LogP contribution in [-0.2, 0) is 13.0 Å². The first-order chi connectivity index (χ1) is 8.69. The Morgan fingerprint density at radius 2 is 1.89 bits per heavy atom. The van der Waals surface area contributed by atoms with Crippen molar-refractivity contribution in [3.8, 4) is 0 Å². The number of nitrogens with zero attached hydrogens (tertiary/aromatic N) is 2. The van der Waals surface area contributed by atoms with Crippen molar-refractivity contribution in [1.82, 2.24) is 15.3 Å². The molecule has 0 spiro atoms. The number of halogens is 2. The van der Waals surface area contributed by atoms with Gasteiger partial charge in [-0.3, -0.25) is 0 Å². The Morgan fingerprint density at radius 1 is 1.17 bits per heavy atom. The molecule has 0 atom stereocenters. The summed E-state index contributed by atoms with van der Waals surface area (Å²) in [6, 6.07) is 3.51. The van der Waals surface area contributed by atoms with E-state index in [1.807, 2.05) is 7.05 Å². The maximum Gasteiger partial charge on any atom is 0.132 e. The molecule has 2 aromatic rings. The van der Waals surface area contributed by atoms with E-state index in [-0.39, 0.29) is 6.42 Å². The van der Waals surface area contributed by atoms with E-state index in [2.05, 4.69) is 15.3 Å². The first kappa shape index (κ1) is 12.6. The van der Waals surface area contributed by atoms with Gasteiger partial charge in [0.05, 0.1) is 0 Å². The molecule has 0 saturated carbocycles. The Hall–Kier alpha value is -1.88. The van der Waals surface area contributed by atoms with E-state index in [0.717, 1.165) is 11.6 Å². The van der Waals surface area contributed by atoms with Gasteiger partial charge in [0, 0.05) is 37.0 Å². The fourth-order valence-corrected chi connectivity index (χ4v) is 1.60. The third-order valence-electron chi connectivity index (χ3n) is 2.50. The highest BCUT2D eigenvalue weighted by Gasteiger charge is 2.06. The van der Waals surface area contributed by atoms with E-state index < -0.39 is 11.6 Å². The van der Waals surface area contributed by atoms with Crippen LogP contribution < -0.4 is 5.32 Å². The quantitative estimate of drug-likeness (QED) is 0.901. The maximum atomic E-state index is 13.4. The molecule has 3 nitrogen and oxygen atoms in total. The van der Waals surface area contributed by atoms with Gasteiger partial charge in [-0.1, -0.05) is 6.07 Å². The van der Waals surface area contributed by atoms with Gasteiger partial charge in [0.15, 0.2) is 0 Å². The lowest BCUT2D eigenvalue weighted by Crippen LogP contribution is -2.07. The molecule has 1 N–H and O–H groups in total. The molecule has 1 aromatic carbocycles. The van der Waals surface area contributed by atoms with Gasteiger partial charge in [-0.25, -0.2) is 18.7 Å². The maximum absolute atomic E-state index is 13.4. The van der Waals surface area contributed by atoms with Crippen molar-refractivity contribution in [2.45, 2.75) is 13.0 Å². The molecule has 0 bridgehead atoms. The molecule has 0 aliphatic heterocycles. The van der Waals surface area contributed by atoms with Crippen LogP contribution in [0.25, 0.3) is 0 Å². The first-order valence-electron chi connectivity index (χ1n) is 5.57. The molecule has 2 rings (SSSR count). The topological polar surface area (TPSA) is 37.8 Å². The molecule has 0 radical (unpaired) electrons. The van der Waals surface area contributed by atoms with E-state index in [9.17, 15) is 8.78 Å². The highest BCUT2D eigenvalue weighted by atomic mass is 19.1. The molecule has 94 valence electrons. The third kappa shape index (κ3) is 3.07. The van der Waals surface area contributed by atoms with Crippen LogP contribution in [0.15, 0.2) is 30.6 Å². The van der Waals surface area contributed by atoms with E-state index in [1.165, 1.54) is 12.1 Å². The van der Waals surface area contributed by atoms with Crippen LogP contribution in [0.1, 0.15) is 17.0 Å². The summed E-state index contributed by atoms with van der Waals surface area (Å²) in [6.07, 6.45) is 3.65. The minimum Gasteiger partial charge on any atom is -0.316 e. The molecule has 0 aliphatic rings. The van der Waals surface area contributed by atoms with Gasteiger partial charge in [-0.15, -0.1) is 0 Å². The Kier molecular flexibility index (Phi) is 3.94. The molecule has 5 heteroatoms. The van der Waals surface area contributed by atoms with Gasteiger partial charge in [-0.05, 0) is 18.7 Å². The lowest BCUT2D eigenvalue weighted by molar-refractivity contribution is 0.573.